The van der Waals surface area contributed by atoms with Gasteiger partial charge in [-0.2, -0.15) is 0 Å². The number of carbonyl (C=O) groups is 1. The number of hydrogen-bond acceptors (Lipinski definition) is 4. The molecule has 0 heterocycles. The van der Waals surface area contributed by atoms with Crippen LogP contribution < -0.4 is 0 Å². The molecule has 5 heteroatoms. The van der Waals surface area contributed by atoms with Gasteiger partial charge in [0.25, 0.3) is 0 Å². The fourth-order valence-corrected chi connectivity index (χ4v) is 1.40. The fourth-order valence-electron chi connectivity index (χ4n) is 1.17. The van der Waals surface area contributed by atoms with Crippen molar-refractivity contribution in [2.75, 3.05) is 0 Å². The Morgan fingerprint density at radius 2 is 1.79 bits per heavy atom. The SMILES string of the molecule is CCCCCCCCC(=O)OS(=O)[O-]. The maximum atomic E-state index is 10.7. The summed E-state index contributed by atoms with van der Waals surface area (Å²) < 4.78 is 23.8. The van der Waals surface area contributed by atoms with E-state index in [1.807, 2.05) is 0 Å². The Morgan fingerprint density at radius 3 is 2.36 bits per heavy atom. The molecule has 0 amide bonds. The van der Waals surface area contributed by atoms with Gasteiger partial charge in [0.2, 0.25) is 0 Å². The second-order valence-electron chi connectivity index (χ2n) is 3.18. The van der Waals surface area contributed by atoms with Crippen molar-refractivity contribution in [1.29, 1.82) is 0 Å². The summed E-state index contributed by atoms with van der Waals surface area (Å²) in [4.78, 5) is 10.7. The summed E-state index contributed by atoms with van der Waals surface area (Å²) in [6.07, 6.45) is 6.55. The Balaban J connectivity index is 3.19. The monoisotopic (exact) mass is 221 g/mol. The Hall–Kier alpha value is -0.420. The van der Waals surface area contributed by atoms with Crippen molar-refractivity contribution in [1.82, 2.24) is 0 Å². The van der Waals surface area contributed by atoms with Crippen molar-refractivity contribution >= 4 is 17.3 Å². The maximum Gasteiger partial charge on any atom is 0.319 e. The molecule has 0 aromatic rings. The standard InChI is InChI=1S/C9H18O4S/c1-2-3-4-5-6-7-8-9(10)13-14(11)12/h2-8H2,1H3,(H,11,12)/p-1. The smallest absolute Gasteiger partial charge is 0.319 e. The van der Waals surface area contributed by atoms with E-state index in [-0.39, 0.29) is 6.42 Å². The van der Waals surface area contributed by atoms with Crippen LogP contribution >= 0.6 is 0 Å². The molecule has 4 nitrogen and oxygen atoms in total. The molecule has 0 radical (unpaired) electrons. The first kappa shape index (κ1) is 13.6. The third-order valence-electron chi connectivity index (χ3n) is 1.90. The van der Waals surface area contributed by atoms with Crippen LogP contribution in [0.25, 0.3) is 0 Å². The molecule has 0 spiro atoms. The summed E-state index contributed by atoms with van der Waals surface area (Å²) in [6.45, 7) is 2.14. The highest BCUT2D eigenvalue weighted by Gasteiger charge is 2.02. The lowest BCUT2D eigenvalue weighted by Gasteiger charge is -2.04. The highest BCUT2D eigenvalue weighted by molar-refractivity contribution is 7.74. The van der Waals surface area contributed by atoms with Crippen molar-refractivity contribution in [3.05, 3.63) is 0 Å². The second-order valence-corrected chi connectivity index (χ2v) is 3.75. The average Bonchev–Trinajstić information content (AvgIpc) is 2.10. The topological polar surface area (TPSA) is 66.4 Å². The zero-order valence-corrected chi connectivity index (χ0v) is 9.31. The van der Waals surface area contributed by atoms with Crippen LogP contribution in [0.4, 0.5) is 0 Å². The molecule has 84 valence electrons. The molecule has 1 unspecified atom stereocenters. The van der Waals surface area contributed by atoms with Crippen molar-refractivity contribution in [3.63, 3.8) is 0 Å². The molecule has 0 aliphatic carbocycles. The fraction of sp³-hybridized carbons (Fsp3) is 0.889. The van der Waals surface area contributed by atoms with E-state index in [0.717, 1.165) is 12.8 Å². The third kappa shape index (κ3) is 9.67. The van der Waals surface area contributed by atoms with E-state index in [4.69, 9.17) is 0 Å². The van der Waals surface area contributed by atoms with Crippen LogP contribution in [0, 0.1) is 0 Å². The van der Waals surface area contributed by atoms with Crippen LogP contribution in [-0.2, 0) is 20.3 Å². The van der Waals surface area contributed by atoms with Gasteiger partial charge in [-0.15, -0.1) is 0 Å². The molecule has 0 aliphatic rings. The number of unbranched alkanes of at least 4 members (excludes halogenated alkanes) is 5. The molecule has 0 aromatic carbocycles. The van der Waals surface area contributed by atoms with E-state index in [9.17, 15) is 13.6 Å². The average molecular weight is 221 g/mol. The van der Waals surface area contributed by atoms with Gasteiger partial charge in [-0.1, -0.05) is 39.0 Å². The molecule has 0 saturated heterocycles. The van der Waals surface area contributed by atoms with Crippen molar-refractivity contribution in [2.24, 2.45) is 0 Å². The summed E-state index contributed by atoms with van der Waals surface area (Å²) in [5.74, 6) is -0.658. The van der Waals surface area contributed by atoms with E-state index in [1.165, 1.54) is 19.3 Å². The summed E-state index contributed by atoms with van der Waals surface area (Å²) >= 11 is -2.71. The summed E-state index contributed by atoms with van der Waals surface area (Å²) in [5, 5.41) is 0. The first-order valence-corrected chi connectivity index (χ1v) is 5.97. The summed E-state index contributed by atoms with van der Waals surface area (Å²) in [7, 11) is 0. The van der Waals surface area contributed by atoms with Crippen LogP contribution in [-0.4, -0.2) is 14.7 Å². The van der Waals surface area contributed by atoms with Crippen LogP contribution in [0.2, 0.25) is 0 Å². The van der Waals surface area contributed by atoms with Crippen molar-refractivity contribution in [3.8, 4) is 0 Å². The van der Waals surface area contributed by atoms with Gasteiger partial charge >= 0.3 is 5.97 Å². The van der Waals surface area contributed by atoms with E-state index >= 15 is 0 Å². The molecule has 0 bridgehead atoms. The maximum absolute atomic E-state index is 10.7. The van der Waals surface area contributed by atoms with E-state index in [2.05, 4.69) is 11.1 Å². The minimum Gasteiger partial charge on any atom is -0.740 e. The van der Waals surface area contributed by atoms with Gasteiger partial charge in [0.1, 0.15) is 11.4 Å². The Labute approximate surface area is 87.5 Å². The molecular formula is C9H17O4S-. The second kappa shape index (κ2) is 9.15. The molecule has 14 heavy (non-hydrogen) atoms. The first-order chi connectivity index (χ1) is 6.66. The van der Waals surface area contributed by atoms with Crippen LogP contribution in [0.15, 0.2) is 0 Å². The lowest BCUT2D eigenvalue weighted by Crippen LogP contribution is -2.06. The number of hydrogen-bond donors (Lipinski definition) is 0. The number of carbonyl (C=O) groups excluding carboxylic acids is 1. The van der Waals surface area contributed by atoms with Crippen LogP contribution in [0.5, 0.6) is 0 Å². The Kier molecular flexibility index (Phi) is 8.87. The van der Waals surface area contributed by atoms with Gasteiger partial charge in [0, 0.05) is 6.42 Å². The van der Waals surface area contributed by atoms with Crippen molar-refractivity contribution in [2.45, 2.75) is 51.9 Å². The van der Waals surface area contributed by atoms with Gasteiger partial charge in [0.15, 0.2) is 0 Å². The minimum atomic E-state index is -2.71. The number of rotatable bonds is 8. The zero-order valence-electron chi connectivity index (χ0n) is 8.49. The zero-order chi connectivity index (χ0) is 10.8. The molecule has 0 fully saturated rings. The first-order valence-electron chi connectivity index (χ1n) is 4.97. The lowest BCUT2D eigenvalue weighted by molar-refractivity contribution is -0.134. The van der Waals surface area contributed by atoms with Crippen LogP contribution in [0.1, 0.15) is 51.9 Å². The normalized spacial score (nSPS) is 12.4. The largest absolute Gasteiger partial charge is 0.740 e. The minimum absolute atomic E-state index is 0.195. The van der Waals surface area contributed by atoms with Crippen molar-refractivity contribution < 1.29 is 17.7 Å². The van der Waals surface area contributed by atoms with Crippen LogP contribution in [0.3, 0.4) is 0 Å². The highest BCUT2D eigenvalue weighted by atomic mass is 32.2. The third-order valence-corrected chi connectivity index (χ3v) is 2.22. The molecule has 0 saturated carbocycles. The predicted octanol–water partition coefficient (Wildman–Crippen LogP) is 2.07. The molecular weight excluding hydrogens is 204 g/mol. The van der Waals surface area contributed by atoms with Gasteiger partial charge < -0.3 is 8.74 Å². The molecule has 0 N–H and O–H groups in total. The predicted molar refractivity (Wildman–Crippen MR) is 53.0 cm³/mol. The molecule has 1 atom stereocenters. The lowest BCUT2D eigenvalue weighted by atomic mass is 10.1. The van der Waals surface area contributed by atoms with Gasteiger partial charge in [0.05, 0.1) is 0 Å². The Bertz CT molecular complexity index is 182. The Morgan fingerprint density at radius 1 is 1.21 bits per heavy atom. The quantitative estimate of drug-likeness (QED) is 0.465. The molecule has 0 rings (SSSR count). The highest BCUT2D eigenvalue weighted by Crippen LogP contribution is 2.07. The molecule has 0 aromatic heterocycles. The van der Waals surface area contributed by atoms with Gasteiger partial charge in [-0.25, -0.2) is 4.21 Å². The summed E-state index contributed by atoms with van der Waals surface area (Å²) in [6, 6.07) is 0. The van der Waals surface area contributed by atoms with Gasteiger partial charge in [-0.3, -0.25) is 4.79 Å². The van der Waals surface area contributed by atoms with E-state index in [0.29, 0.717) is 6.42 Å². The summed E-state index contributed by atoms with van der Waals surface area (Å²) in [5.41, 5.74) is 0. The van der Waals surface area contributed by atoms with E-state index < -0.39 is 17.3 Å². The van der Waals surface area contributed by atoms with Gasteiger partial charge in [-0.05, 0) is 6.42 Å². The molecule has 0 aliphatic heterocycles. The van der Waals surface area contributed by atoms with E-state index in [1.54, 1.807) is 0 Å².